The number of allylic oxidation sites excluding steroid dienone is 1. The minimum Gasteiger partial charge on any atom is -0.470 e. The Hall–Kier alpha value is -0.540. The Bertz CT molecular complexity index is 122. The summed E-state index contributed by atoms with van der Waals surface area (Å²) in [5.74, 6) is 0. The first kappa shape index (κ1) is 7.57. The Morgan fingerprint density at radius 3 is 2.90 bits per heavy atom. The highest BCUT2D eigenvalue weighted by Gasteiger charge is 2.22. The molecule has 0 aromatic rings. The highest BCUT2D eigenvalue weighted by molar-refractivity contribution is 4.67. The van der Waals surface area contributed by atoms with Crippen LogP contribution in [-0.4, -0.2) is 19.2 Å². The van der Waals surface area contributed by atoms with Crippen LogP contribution in [0.2, 0.25) is 0 Å². The quantitative estimate of drug-likeness (QED) is 0.546. The molecule has 1 aliphatic heterocycles. The molecule has 3 nitrogen and oxygen atoms in total. The molecule has 0 aromatic carbocycles. The molecule has 1 aliphatic rings. The van der Waals surface area contributed by atoms with Gasteiger partial charge in [0.05, 0.1) is 6.26 Å². The Labute approximate surface area is 60.6 Å². The fraction of sp³-hybridized carbons (Fsp3) is 0.714. The second-order valence-electron chi connectivity index (χ2n) is 2.07. The van der Waals surface area contributed by atoms with Crippen LogP contribution in [0.3, 0.4) is 0 Å². The van der Waals surface area contributed by atoms with Crippen molar-refractivity contribution >= 4 is 0 Å². The van der Waals surface area contributed by atoms with Gasteiger partial charge in [-0.1, -0.05) is 6.08 Å². The van der Waals surface area contributed by atoms with E-state index in [1.54, 1.807) is 6.26 Å². The Balaban J connectivity index is 2.18. The van der Waals surface area contributed by atoms with Gasteiger partial charge in [0, 0.05) is 0 Å². The molecule has 0 radical (unpaired) electrons. The maximum absolute atomic E-state index is 5.17. The third kappa shape index (κ3) is 2.01. The summed E-state index contributed by atoms with van der Waals surface area (Å²) >= 11 is 0. The highest BCUT2D eigenvalue weighted by atomic mass is 16.8. The molecule has 0 N–H and O–H groups in total. The molecule has 1 saturated heterocycles. The van der Waals surface area contributed by atoms with E-state index in [-0.39, 0.29) is 12.6 Å². The van der Waals surface area contributed by atoms with Gasteiger partial charge in [0.15, 0.2) is 6.29 Å². The Morgan fingerprint density at radius 1 is 1.60 bits per heavy atom. The Morgan fingerprint density at radius 2 is 2.40 bits per heavy atom. The zero-order chi connectivity index (χ0) is 7.40. The van der Waals surface area contributed by atoms with E-state index in [2.05, 4.69) is 0 Å². The summed E-state index contributed by atoms with van der Waals surface area (Å²) in [4.78, 5) is 0. The van der Waals surface area contributed by atoms with Crippen molar-refractivity contribution in [3.8, 4) is 0 Å². The highest BCUT2D eigenvalue weighted by Crippen LogP contribution is 2.11. The van der Waals surface area contributed by atoms with Crippen molar-refractivity contribution in [1.82, 2.24) is 0 Å². The summed E-state index contributed by atoms with van der Waals surface area (Å²) in [6, 6.07) is 0. The summed E-state index contributed by atoms with van der Waals surface area (Å²) in [5.41, 5.74) is 0. The topological polar surface area (TPSA) is 27.7 Å². The summed E-state index contributed by atoms with van der Waals surface area (Å²) in [6.07, 6.45) is 3.07. The first-order valence-corrected chi connectivity index (χ1v) is 3.36. The molecule has 0 spiro atoms. The molecular weight excluding hydrogens is 132 g/mol. The van der Waals surface area contributed by atoms with Crippen LogP contribution in [0.1, 0.15) is 13.8 Å². The number of ether oxygens (including phenoxy) is 3. The van der Waals surface area contributed by atoms with E-state index in [0.717, 1.165) is 0 Å². The molecule has 58 valence electrons. The van der Waals surface area contributed by atoms with Crippen molar-refractivity contribution in [1.29, 1.82) is 0 Å². The van der Waals surface area contributed by atoms with Crippen LogP contribution in [0.25, 0.3) is 0 Å². The second-order valence-corrected chi connectivity index (χ2v) is 2.07. The fourth-order valence-corrected chi connectivity index (χ4v) is 0.744. The zero-order valence-corrected chi connectivity index (χ0v) is 6.24. The van der Waals surface area contributed by atoms with E-state index in [0.29, 0.717) is 6.61 Å². The normalized spacial score (nSPS) is 33.4. The molecular formula is C7H12O3. The van der Waals surface area contributed by atoms with Gasteiger partial charge in [-0.2, -0.15) is 0 Å². The van der Waals surface area contributed by atoms with Gasteiger partial charge in [0.2, 0.25) is 6.29 Å². The second kappa shape index (κ2) is 3.58. The molecule has 10 heavy (non-hydrogen) atoms. The first-order chi connectivity index (χ1) is 4.83. The fourth-order valence-electron chi connectivity index (χ4n) is 0.744. The van der Waals surface area contributed by atoms with Crippen LogP contribution in [0, 0.1) is 0 Å². The lowest BCUT2D eigenvalue weighted by Gasteiger charge is -2.06. The van der Waals surface area contributed by atoms with Crippen molar-refractivity contribution in [2.75, 3.05) is 6.61 Å². The van der Waals surface area contributed by atoms with E-state index < -0.39 is 0 Å². The van der Waals surface area contributed by atoms with Crippen molar-refractivity contribution in [3.63, 3.8) is 0 Å². The minimum absolute atomic E-state index is 0.129. The summed E-state index contributed by atoms with van der Waals surface area (Å²) < 4.78 is 15.3. The molecule has 0 aliphatic carbocycles. The molecule has 0 saturated carbocycles. The molecule has 1 heterocycles. The lowest BCUT2D eigenvalue weighted by molar-refractivity contribution is -0.109. The number of rotatable bonds is 2. The summed E-state index contributed by atoms with van der Waals surface area (Å²) in [6.45, 7) is 4.25. The zero-order valence-electron chi connectivity index (χ0n) is 6.24. The molecule has 0 amide bonds. The molecule has 2 unspecified atom stereocenters. The molecule has 1 fully saturated rings. The monoisotopic (exact) mass is 144 g/mol. The minimum atomic E-state index is -0.216. The van der Waals surface area contributed by atoms with E-state index in [1.807, 2.05) is 19.9 Å². The molecule has 0 aromatic heterocycles. The van der Waals surface area contributed by atoms with Gasteiger partial charge in [-0.15, -0.1) is 0 Å². The van der Waals surface area contributed by atoms with Crippen molar-refractivity contribution in [2.24, 2.45) is 0 Å². The first-order valence-electron chi connectivity index (χ1n) is 3.36. The van der Waals surface area contributed by atoms with Gasteiger partial charge in [0.25, 0.3) is 0 Å². The van der Waals surface area contributed by atoms with Gasteiger partial charge in [-0.25, -0.2) is 0 Å². The van der Waals surface area contributed by atoms with Gasteiger partial charge in [-0.3, -0.25) is 0 Å². The van der Waals surface area contributed by atoms with E-state index in [1.165, 1.54) is 0 Å². The largest absolute Gasteiger partial charge is 0.470 e. The van der Waals surface area contributed by atoms with Crippen molar-refractivity contribution in [2.45, 2.75) is 26.4 Å². The standard InChI is InChI=1S/C7H12O3/c1-3-4-8-7-5-9-6(2)10-7/h3-4,6-7H,5H2,1-2H3. The lowest BCUT2D eigenvalue weighted by atomic mass is 10.7. The smallest absolute Gasteiger partial charge is 0.225 e. The Kier molecular flexibility index (Phi) is 2.71. The van der Waals surface area contributed by atoms with E-state index >= 15 is 0 Å². The van der Waals surface area contributed by atoms with Gasteiger partial charge in [0.1, 0.15) is 6.61 Å². The SMILES string of the molecule is CC=COC1COC(C)O1. The van der Waals surface area contributed by atoms with Gasteiger partial charge >= 0.3 is 0 Å². The third-order valence-corrected chi connectivity index (χ3v) is 1.18. The summed E-state index contributed by atoms with van der Waals surface area (Å²) in [5, 5.41) is 0. The van der Waals surface area contributed by atoms with Crippen LogP contribution in [0.4, 0.5) is 0 Å². The maximum atomic E-state index is 5.17. The molecule has 0 bridgehead atoms. The lowest BCUT2D eigenvalue weighted by Crippen LogP contribution is -2.11. The third-order valence-electron chi connectivity index (χ3n) is 1.18. The average molecular weight is 144 g/mol. The van der Waals surface area contributed by atoms with Crippen LogP contribution in [-0.2, 0) is 14.2 Å². The van der Waals surface area contributed by atoms with E-state index in [9.17, 15) is 0 Å². The summed E-state index contributed by atoms with van der Waals surface area (Å²) in [7, 11) is 0. The van der Waals surface area contributed by atoms with Crippen molar-refractivity contribution < 1.29 is 14.2 Å². The van der Waals surface area contributed by atoms with Crippen LogP contribution in [0.15, 0.2) is 12.3 Å². The molecule has 1 rings (SSSR count). The maximum Gasteiger partial charge on any atom is 0.225 e. The van der Waals surface area contributed by atoms with Crippen LogP contribution in [0.5, 0.6) is 0 Å². The van der Waals surface area contributed by atoms with Crippen LogP contribution >= 0.6 is 0 Å². The number of hydrogen-bond donors (Lipinski definition) is 0. The van der Waals surface area contributed by atoms with E-state index in [4.69, 9.17) is 14.2 Å². The van der Waals surface area contributed by atoms with Crippen LogP contribution < -0.4 is 0 Å². The molecule has 2 atom stereocenters. The number of hydrogen-bond acceptors (Lipinski definition) is 3. The van der Waals surface area contributed by atoms with Gasteiger partial charge in [-0.05, 0) is 13.8 Å². The van der Waals surface area contributed by atoms with Gasteiger partial charge < -0.3 is 14.2 Å². The predicted octanol–water partition coefficient (Wildman–Crippen LogP) is 1.26. The molecule has 3 heteroatoms. The average Bonchev–Trinajstić information content (AvgIpc) is 2.31. The van der Waals surface area contributed by atoms with Crippen molar-refractivity contribution in [3.05, 3.63) is 12.3 Å². The predicted molar refractivity (Wildman–Crippen MR) is 36.2 cm³/mol.